The fraction of sp³-hybridized carbons (Fsp3) is 0.250. The van der Waals surface area contributed by atoms with E-state index in [1.54, 1.807) is 19.2 Å². The molecule has 0 unspecified atom stereocenters. The predicted molar refractivity (Wildman–Crippen MR) is 53.2 cm³/mol. The van der Waals surface area contributed by atoms with Crippen LogP contribution < -0.4 is 4.83 Å². The van der Waals surface area contributed by atoms with Gasteiger partial charge in [0.2, 0.25) is 0 Å². The summed E-state index contributed by atoms with van der Waals surface area (Å²) in [6, 6.07) is 4.88. The highest BCUT2D eigenvalue weighted by molar-refractivity contribution is 7.89. The largest absolute Gasteiger partial charge is 0.253 e. The van der Waals surface area contributed by atoms with Gasteiger partial charge in [-0.05, 0) is 17.7 Å². The van der Waals surface area contributed by atoms with Crippen molar-refractivity contribution in [3.63, 3.8) is 0 Å². The molecule has 0 spiro atoms. The maximum atomic E-state index is 11.6. The van der Waals surface area contributed by atoms with Gasteiger partial charge < -0.3 is 0 Å². The molecule has 1 aliphatic rings. The average molecular weight is 233 g/mol. The smallest absolute Gasteiger partial charge is 0.229 e. The van der Waals surface area contributed by atoms with Gasteiger partial charge in [0.25, 0.3) is 10.0 Å². The van der Waals surface area contributed by atoms with Crippen molar-refractivity contribution in [2.45, 2.75) is 11.4 Å². The molecule has 76 valence electrons. The third kappa shape index (κ3) is 1.64. The molecular formula is C8H9ClN2O2S. The Kier molecular flexibility index (Phi) is 2.27. The lowest BCUT2D eigenvalue weighted by molar-refractivity contribution is 0.276. The van der Waals surface area contributed by atoms with Crippen LogP contribution >= 0.6 is 11.6 Å². The topological polar surface area (TPSA) is 49.4 Å². The molecule has 0 saturated heterocycles. The molecule has 2 rings (SSSR count). The van der Waals surface area contributed by atoms with Gasteiger partial charge in [-0.1, -0.05) is 17.7 Å². The summed E-state index contributed by atoms with van der Waals surface area (Å²) < 4.78 is 23.2. The molecule has 4 nitrogen and oxygen atoms in total. The first-order valence-electron chi connectivity index (χ1n) is 4.01. The van der Waals surface area contributed by atoms with Crippen LogP contribution in [0.25, 0.3) is 0 Å². The van der Waals surface area contributed by atoms with Gasteiger partial charge in [0, 0.05) is 18.6 Å². The van der Waals surface area contributed by atoms with Crippen LogP contribution in [0.5, 0.6) is 0 Å². The summed E-state index contributed by atoms with van der Waals surface area (Å²) in [5.41, 5.74) is 0.760. The van der Waals surface area contributed by atoms with E-state index in [9.17, 15) is 8.42 Å². The molecule has 0 aliphatic carbocycles. The fourth-order valence-corrected chi connectivity index (χ4v) is 3.02. The summed E-state index contributed by atoms with van der Waals surface area (Å²) in [5.74, 6) is 0. The van der Waals surface area contributed by atoms with Gasteiger partial charge in [0.15, 0.2) is 0 Å². The van der Waals surface area contributed by atoms with E-state index < -0.39 is 10.0 Å². The summed E-state index contributed by atoms with van der Waals surface area (Å²) in [7, 11) is -1.75. The van der Waals surface area contributed by atoms with Gasteiger partial charge in [0.1, 0.15) is 0 Å². The number of rotatable bonds is 0. The number of halogens is 1. The molecule has 1 aromatic carbocycles. The Morgan fingerprint density at radius 2 is 2.21 bits per heavy atom. The van der Waals surface area contributed by atoms with Crippen molar-refractivity contribution in [3.05, 3.63) is 28.8 Å². The minimum atomic E-state index is -3.42. The number of hydrazine groups is 1. The second-order valence-electron chi connectivity index (χ2n) is 3.20. The minimum Gasteiger partial charge on any atom is -0.229 e. The van der Waals surface area contributed by atoms with E-state index in [0.717, 1.165) is 5.56 Å². The number of hydrogen-bond donors (Lipinski definition) is 1. The molecule has 1 heterocycles. The molecule has 0 atom stereocenters. The molecule has 1 aromatic rings. The Balaban J connectivity index is 2.65. The van der Waals surface area contributed by atoms with Crippen LogP contribution in [0.15, 0.2) is 23.1 Å². The first-order chi connectivity index (χ1) is 6.49. The minimum absolute atomic E-state index is 0.267. The molecule has 1 aliphatic heterocycles. The van der Waals surface area contributed by atoms with E-state index in [-0.39, 0.29) is 4.90 Å². The van der Waals surface area contributed by atoms with Gasteiger partial charge in [-0.25, -0.2) is 13.4 Å². The predicted octanol–water partition coefficient (Wildman–Crippen LogP) is 0.979. The highest BCUT2D eigenvalue weighted by Crippen LogP contribution is 2.24. The van der Waals surface area contributed by atoms with Crippen LogP contribution in [0, 0.1) is 0 Å². The van der Waals surface area contributed by atoms with Gasteiger partial charge in [-0.3, -0.25) is 0 Å². The SMILES string of the molecule is CN1Cc2ccc(Cl)cc2S(=O)(=O)N1. The monoisotopic (exact) mass is 232 g/mol. The van der Waals surface area contributed by atoms with Crippen molar-refractivity contribution in [1.82, 2.24) is 9.84 Å². The van der Waals surface area contributed by atoms with Crippen molar-refractivity contribution in [1.29, 1.82) is 0 Å². The molecule has 6 heteroatoms. The average Bonchev–Trinajstić information content (AvgIpc) is 2.05. The highest BCUT2D eigenvalue weighted by atomic mass is 35.5. The standard InChI is InChI=1S/C8H9ClN2O2S/c1-11-5-6-2-3-7(9)4-8(6)14(12,13)10-11/h2-4,10H,5H2,1H3. The maximum absolute atomic E-state index is 11.6. The van der Waals surface area contributed by atoms with E-state index >= 15 is 0 Å². The number of nitrogens with one attached hydrogen (secondary N) is 1. The van der Waals surface area contributed by atoms with Crippen molar-refractivity contribution < 1.29 is 8.42 Å². The number of sulfonamides is 1. The molecule has 1 N–H and O–H groups in total. The zero-order valence-corrected chi connectivity index (χ0v) is 9.06. The Morgan fingerprint density at radius 3 is 2.93 bits per heavy atom. The highest BCUT2D eigenvalue weighted by Gasteiger charge is 2.25. The Hall–Kier alpha value is -0.620. The zero-order valence-electron chi connectivity index (χ0n) is 7.49. The molecule has 0 aromatic heterocycles. The molecule has 0 radical (unpaired) electrons. The molecule has 0 bridgehead atoms. The maximum Gasteiger partial charge on any atom is 0.253 e. The summed E-state index contributed by atoms with van der Waals surface area (Å²) >= 11 is 5.73. The second kappa shape index (κ2) is 3.20. The van der Waals surface area contributed by atoms with Gasteiger partial charge in [0.05, 0.1) is 4.90 Å². The summed E-state index contributed by atoms with van der Waals surface area (Å²) in [6.07, 6.45) is 0. The van der Waals surface area contributed by atoms with Gasteiger partial charge in [-0.2, -0.15) is 0 Å². The van der Waals surface area contributed by atoms with E-state index in [0.29, 0.717) is 11.6 Å². The van der Waals surface area contributed by atoms with Gasteiger partial charge >= 0.3 is 0 Å². The number of benzene rings is 1. The van der Waals surface area contributed by atoms with Crippen LogP contribution in [-0.2, 0) is 16.6 Å². The van der Waals surface area contributed by atoms with Crippen LogP contribution in [0.3, 0.4) is 0 Å². The lowest BCUT2D eigenvalue weighted by Crippen LogP contribution is -2.43. The van der Waals surface area contributed by atoms with Crippen molar-refractivity contribution >= 4 is 21.6 Å². The summed E-state index contributed by atoms with van der Waals surface area (Å²) in [4.78, 5) is 2.65. The number of hydrogen-bond acceptors (Lipinski definition) is 3. The molecule has 0 fully saturated rings. The molecular weight excluding hydrogens is 224 g/mol. The number of nitrogens with zero attached hydrogens (tertiary/aromatic N) is 1. The van der Waals surface area contributed by atoms with Crippen molar-refractivity contribution in [3.8, 4) is 0 Å². The Bertz CT molecular complexity index is 472. The van der Waals surface area contributed by atoms with Crippen molar-refractivity contribution in [2.24, 2.45) is 0 Å². The van der Waals surface area contributed by atoms with Crippen molar-refractivity contribution in [2.75, 3.05) is 7.05 Å². The van der Waals surface area contributed by atoms with Crippen LogP contribution in [0.2, 0.25) is 5.02 Å². The first kappa shape index (κ1) is 9.92. The van der Waals surface area contributed by atoms with E-state index in [1.165, 1.54) is 11.1 Å². The Labute approximate surface area is 87.5 Å². The normalized spacial score (nSPS) is 20.4. The summed E-state index contributed by atoms with van der Waals surface area (Å²) in [6.45, 7) is 0.547. The van der Waals surface area contributed by atoms with Crippen LogP contribution in [0.1, 0.15) is 5.56 Å². The third-order valence-corrected chi connectivity index (χ3v) is 3.75. The van der Waals surface area contributed by atoms with Crippen LogP contribution in [0.4, 0.5) is 0 Å². The molecule has 0 saturated carbocycles. The molecule has 0 amide bonds. The molecule has 14 heavy (non-hydrogen) atoms. The van der Waals surface area contributed by atoms with E-state index in [1.807, 2.05) is 0 Å². The zero-order chi connectivity index (χ0) is 10.3. The van der Waals surface area contributed by atoms with E-state index in [2.05, 4.69) is 4.83 Å². The third-order valence-electron chi connectivity index (χ3n) is 2.00. The lowest BCUT2D eigenvalue weighted by atomic mass is 10.2. The van der Waals surface area contributed by atoms with Crippen LogP contribution in [-0.4, -0.2) is 20.5 Å². The second-order valence-corrected chi connectivity index (χ2v) is 5.27. The lowest BCUT2D eigenvalue weighted by Gasteiger charge is -2.25. The van der Waals surface area contributed by atoms with E-state index in [4.69, 9.17) is 11.6 Å². The Morgan fingerprint density at radius 1 is 1.50 bits per heavy atom. The quantitative estimate of drug-likeness (QED) is 0.726. The summed E-state index contributed by atoms with van der Waals surface area (Å²) in [5, 5.41) is 1.95. The fourth-order valence-electron chi connectivity index (χ4n) is 1.45. The first-order valence-corrected chi connectivity index (χ1v) is 5.87. The van der Waals surface area contributed by atoms with Gasteiger partial charge in [-0.15, -0.1) is 4.83 Å². The number of fused-ring (bicyclic) bond motifs is 1.